The van der Waals surface area contributed by atoms with Crippen LogP contribution in [-0.2, 0) is 0 Å². The van der Waals surface area contributed by atoms with Gasteiger partial charge in [-0.2, -0.15) is 0 Å². The molecule has 0 atom stereocenters. The van der Waals surface area contributed by atoms with E-state index in [-0.39, 0.29) is 0 Å². The van der Waals surface area contributed by atoms with E-state index < -0.39 is 17.9 Å². The topological polar surface area (TPSA) is 47.3 Å². The van der Waals surface area contributed by atoms with Crippen LogP contribution in [0.1, 0.15) is 0 Å². The molecule has 0 aliphatic carbocycles. The Bertz CT molecular complexity index is 499. The molecule has 0 saturated carbocycles. The first-order valence-electron chi connectivity index (χ1n) is 5.30. The molecule has 5 heteroatoms. The minimum atomic E-state index is -1.13. The van der Waals surface area contributed by atoms with Crippen molar-refractivity contribution in [1.29, 1.82) is 0 Å². The van der Waals surface area contributed by atoms with Gasteiger partial charge in [0.25, 0.3) is 0 Å². The average Bonchev–Trinajstić information content (AvgIpc) is 2.34. The van der Waals surface area contributed by atoms with Gasteiger partial charge in [-0.25, -0.2) is 0 Å². The summed E-state index contributed by atoms with van der Waals surface area (Å²) in [5.74, 6) is 1.60. The molecule has 0 unspecified atom stereocenters. The number of rotatable bonds is 4. The number of alkyl halides is 1. The molecule has 0 aliphatic rings. The van der Waals surface area contributed by atoms with Crippen LogP contribution in [0.5, 0.6) is 11.5 Å². The Kier molecular flexibility index (Phi) is 4.71. The Balaban J connectivity index is 2.04. The standard InChI is InChI=1S/C13H14BrIN2O/c1-15(14)17-11-4-8-13(9-5-11)18-12-6-2-10(16)3-7-12/h2-9,17H,16H2,1H3. The summed E-state index contributed by atoms with van der Waals surface area (Å²) in [5.41, 5.74) is 7.47. The predicted molar refractivity (Wildman–Crippen MR) is 89.9 cm³/mol. The Morgan fingerprint density at radius 3 is 2.00 bits per heavy atom. The molecule has 96 valence electrons. The Morgan fingerprint density at radius 2 is 1.50 bits per heavy atom. The fourth-order valence-electron chi connectivity index (χ4n) is 1.41. The maximum atomic E-state index is 5.71. The summed E-state index contributed by atoms with van der Waals surface area (Å²) in [5, 5.41) is 0. The monoisotopic (exact) mass is 420 g/mol. The number of hydrogen-bond acceptors (Lipinski definition) is 3. The average molecular weight is 421 g/mol. The fraction of sp³-hybridized carbons (Fsp3) is 0.0769. The van der Waals surface area contributed by atoms with E-state index in [4.69, 9.17) is 10.5 Å². The van der Waals surface area contributed by atoms with E-state index in [1.807, 2.05) is 48.5 Å². The fourth-order valence-corrected chi connectivity index (χ4v) is 3.79. The molecule has 0 heterocycles. The third-order valence-corrected chi connectivity index (χ3v) is 4.58. The van der Waals surface area contributed by atoms with Crippen molar-refractivity contribution < 1.29 is 4.74 Å². The van der Waals surface area contributed by atoms with Gasteiger partial charge in [0.2, 0.25) is 0 Å². The summed E-state index contributed by atoms with van der Waals surface area (Å²) >= 11 is 2.46. The van der Waals surface area contributed by atoms with Crippen molar-refractivity contribution in [2.75, 3.05) is 14.2 Å². The van der Waals surface area contributed by atoms with Gasteiger partial charge in [0.15, 0.2) is 0 Å². The van der Waals surface area contributed by atoms with Crippen LogP contribution < -0.4 is 14.0 Å². The van der Waals surface area contributed by atoms with Gasteiger partial charge >= 0.3 is 121 Å². The van der Waals surface area contributed by atoms with Crippen molar-refractivity contribution in [2.45, 2.75) is 0 Å². The van der Waals surface area contributed by atoms with E-state index in [9.17, 15) is 0 Å². The van der Waals surface area contributed by atoms with Crippen molar-refractivity contribution in [3.63, 3.8) is 0 Å². The summed E-state index contributed by atoms with van der Waals surface area (Å²) in [6.45, 7) is 0. The third-order valence-electron chi connectivity index (χ3n) is 2.21. The van der Waals surface area contributed by atoms with Crippen LogP contribution >= 0.6 is 30.6 Å². The quantitative estimate of drug-likeness (QED) is 0.322. The van der Waals surface area contributed by atoms with E-state index in [0.717, 1.165) is 22.9 Å². The zero-order valence-corrected chi connectivity index (χ0v) is 13.6. The minimum absolute atomic E-state index is 0.735. The van der Waals surface area contributed by atoms with Gasteiger partial charge in [-0.15, -0.1) is 0 Å². The zero-order valence-electron chi connectivity index (χ0n) is 9.86. The predicted octanol–water partition coefficient (Wildman–Crippen LogP) is 4.83. The first kappa shape index (κ1) is 13.5. The number of anilines is 2. The summed E-state index contributed by atoms with van der Waals surface area (Å²) in [6, 6.07) is 15.3. The molecular formula is C13H14BrIN2O. The molecule has 0 spiro atoms. The molecular weight excluding hydrogens is 407 g/mol. The second kappa shape index (κ2) is 6.29. The first-order valence-corrected chi connectivity index (χ1v) is 13.4. The number of nitrogens with two attached hydrogens (primary N) is 1. The summed E-state index contributed by atoms with van der Waals surface area (Å²) < 4.78 is 9.12. The van der Waals surface area contributed by atoms with E-state index >= 15 is 0 Å². The van der Waals surface area contributed by atoms with Gasteiger partial charge in [0.05, 0.1) is 0 Å². The molecule has 0 radical (unpaired) electrons. The van der Waals surface area contributed by atoms with E-state index in [0.29, 0.717) is 0 Å². The molecule has 0 amide bonds. The Labute approximate surface area is 120 Å². The van der Waals surface area contributed by atoms with Crippen molar-refractivity contribution in [3.05, 3.63) is 48.5 Å². The van der Waals surface area contributed by atoms with Crippen molar-refractivity contribution >= 4 is 41.9 Å². The Hall–Kier alpha value is -0.950. The van der Waals surface area contributed by atoms with Crippen molar-refractivity contribution in [3.8, 4) is 11.5 Å². The zero-order chi connectivity index (χ0) is 13.0. The van der Waals surface area contributed by atoms with Crippen molar-refractivity contribution in [2.24, 2.45) is 0 Å². The molecule has 2 aromatic rings. The second-order valence-electron chi connectivity index (χ2n) is 3.69. The van der Waals surface area contributed by atoms with Crippen LogP contribution in [0.15, 0.2) is 48.5 Å². The van der Waals surface area contributed by atoms with Gasteiger partial charge in [-0.05, 0) is 0 Å². The van der Waals surface area contributed by atoms with Gasteiger partial charge in [0.1, 0.15) is 0 Å². The number of hydrogen-bond donors (Lipinski definition) is 2. The molecule has 0 saturated heterocycles. The molecule has 18 heavy (non-hydrogen) atoms. The Morgan fingerprint density at radius 1 is 1.00 bits per heavy atom. The molecule has 0 fully saturated rings. The number of benzene rings is 2. The summed E-state index contributed by atoms with van der Waals surface area (Å²) in [7, 11) is 0. The number of nitrogen functional groups attached to an aromatic ring is 1. The van der Waals surface area contributed by atoms with Crippen LogP contribution in [0.2, 0.25) is 0 Å². The summed E-state index contributed by atoms with van der Waals surface area (Å²) in [4.78, 5) is 2.18. The third kappa shape index (κ3) is 4.06. The molecule has 0 bridgehead atoms. The van der Waals surface area contributed by atoms with Crippen LogP contribution in [0.25, 0.3) is 0 Å². The molecule has 0 aliphatic heterocycles. The molecule has 0 aromatic heterocycles. The molecule has 3 nitrogen and oxygen atoms in total. The summed E-state index contributed by atoms with van der Waals surface area (Å²) in [6.07, 6.45) is 0. The maximum absolute atomic E-state index is 5.71. The van der Waals surface area contributed by atoms with Gasteiger partial charge in [0, 0.05) is 0 Å². The second-order valence-corrected chi connectivity index (χ2v) is 12.6. The van der Waals surface area contributed by atoms with Crippen LogP contribution in [-0.4, -0.2) is 4.93 Å². The van der Waals surface area contributed by atoms with Gasteiger partial charge in [-0.3, -0.25) is 0 Å². The number of ether oxygens (including phenoxy) is 1. The van der Waals surface area contributed by atoms with Crippen molar-refractivity contribution in [1.82, 2.24) is 0 Å². The number of nitrogens with one attached hydrogen (secondary N) is 1. The van der Waals surface area contributed by atoms with Crippen LogP contribution in [0.4, 0.5) is 11.4 Å². The SMILES string of the molecule is CI(Br)Nc1ccc(Oc2ccc(N)cc2)cc1. The normalized spacial score (nSPS) is 10.9. The van der Waals surface area contributed by atoms with E-state index in [1.54, 1.807) is 0 Å². The van der Waals surface area contributed by atoms with E-state index in [2.05, 4.69) is 21.2 Å². The molecule has 2 rings (SSSR count). The molecule has 2 aromatic carbocycles. The molecule has 3 N–H and O–H groups in total. The van der Waals surface area contributed by atoms with Crippen LogP contribution in [0, 0.1) is 0 Å². The van der Waals surface area contributed by atoms with Gasteiger partial charge < -0.3 is 0 Å². The van der Waals surface area contributed by atoms with Crippen LogP contribution in [0.3, 0.4) is 0 Å². The number of halogens is 2. The first-order chi connectivity index (χ1) is 8.63. The van der Waals surface area contributed by atoms with Gasteiger partial charge in [-0.1, -0.05) is 0 Å². The van der Waals surface area contributed by atoms with E-state index in [1.165, 1.54) is 0 Å².